The van der Waals surface area contributed by atoms with Crippen molar-refractivity contribution < 1.29 is 23.5 Å². The number of ether oxygens (including phenoxy) is 1. The Morgan fingerprint density at radius 2 is 1.46 bits per heavy atom. The van der Waals surface area contributed by atoms with Crippen molar-refractivity contribution in [2.75, 3.05) is 83.1 Å². The van der Waals surface area contributed by atoms with Crippen LogP contribution in [0.15, 0.2) is 83.3 Å². The molecule has 0 atom stereocenters. The number of nitrogens with one attached hydrogen (secondary N) is 3. The van der Waals surface area contributed by atoms with E-state index in [1.165, 1.54) is 4.90 Å². The van der Waals surface area contributed by atoms with Gasteiger partial charge in [-0.2, -0.15) is 0 Å². The van der Waals surface area contributed by atoms with Crippen LogP contribution in [0.25, 0.3) is 33.6 Å². The molecule has 258 valence electrons. The summed E-state index contributed by atoms with van der Waals surface area (Å²) in [7, 11) is 7.28. The molecule has 0 saturated carbocycles. The molecular formula is C37H40N8O5. The monoisotopic (exact) mass is 676 g/mol. The molecule has 3 aromatic carbocycles. The highest BCUT2D eigenvalue weighted by Gasteiger charge is 2.20. The van der Waals surface area contributed by atoms with Crippen molar-refractivity contribution in [1.82, 2.24) is 25.1 Å². The summed E-state index contributed by atoms with van der Waals surface area (Å²) >= 11 is 0. The highest BCUT2D eigenvalue weighted by molar-refractivity contribution is 6.01. The molecule has 6 rings (SSSR count). The Kier molecular flexibility index (Phi) is 10.4. The Hall–Kier alpha value is -5.79. The van der Waals surface area contributed by atoms with E-state index in [0.717, 1.165) is 34.4 Å². The van der Waals surface area contributed by atoms with Gasteiger partial charge in [-0.05, 0) is 86.9 Å². The van der Waals surface area contributed by atoms with Crippen LogP contribution in [-0.2, 0) is 4.74 Å². The number of fused-ring (bicyclic) bond motifs is 1. The van der Waals surface area contributed by atoms with E-state index in [2.05, 4.69) is 20.9 Å². The van der Waals surface area contributed by atoms with Gasteiger partial charge in [-0.1, -0.05) is 6.07 Å². The minimum absolute atomic E-state index is 0.113. The number of furan rings is 1. The zero-order valence-corrected chi connectivity index (χ0v) is 28.5. The van der Waals surface area contributed by atoms with E-state index < -0.39 is 6.03 Å². The average molecular weight is 677 g/mol. The molecule has 0 spiro atoms. The highest BCUT2D eigenvalue weighted by atomic mass is 16.5. The van der Waals surface area contributed by atoms with Crippen LogP contribution in [0.4, 0.5) is 22.0 Å². The fraction of sp³-hybridized carbons (Fsp3) is 0.270. The van der Waals surface area contributed by atoms with E-state index in [1.807, 2.05) is 49.3 Å². The van der Waals surface area contributed by atoms with Gasteiger partial charge in [0.05, 0.1) is 18.7 Å². The van der Waals surface area contributed by atoms with Crippen LogP contribution < -0.4 is 20.9 Å². The second-order valence-corrected chi connectivity index (χ2v) is 12.4. The summed E-state index contributed by atoms with van der Waals surface area (Å²) in [6, 6.07) is 22.9. The van der Waals surface area contributed by atoms with E-state index in [1.54, 1.807) is 62.6 Å². The van der Waals surface area contributed by atoms with E-state index in [0.29, 0.717) is 61.4 Å². The van der Waals surface area contributed by atoms with Gasteiger partial charge in [0, 0.05) is 73.7 Å². The Morgan fingerprint density at radius 3 is 2.12 bits per heavy atom. The molecule has 1 fully saturated rings. The third-order valence-electron chi connectivity index (χ3n) is 8.14. The predicted octanol–water partition coefficient (Wildman–Crippen LogP) is 5.03. The largest absolute Gasteiger partial charge is 0.451 e. The number of carbonyl (C=O) groups is 3. The first kappa shape index (κ1) is 34.1. The lowest BCUT2D eigenvalue weighted by atomic mass is 10.1. The maximum atomic E-state index is 12.7. The third-order valence-corrected chi connectivity index (χ3v) is 8.14. The van der Waals surface area contributed by atoms with E-state index in [-0.39, 0.29) is 17.6 Å². The number of hydrogen-bond donors (Lipinski definition) is 3. The van der Waals surface area contributed by atoms with Crippen LogP contribution in [0.3, 0.4) is 0 Å². The quantitative estimate of drug-likeness (QED) is 0.186. The predicted molar refractivity (Wildman–Crippen MR) is 194 cm³/mol. The van der Waals surface area contributed by atoms with Crippen LogP contribution in [-0.4, -0.2) is 105 Å². The molecule has 3 N–H and O–H groups in total. The molecule has 1 saturated heterocycles. The summed E-state index contributed by atoms with van der Waals surface area (Å²) in [4.78, 5) is 53.1. The number of hydrogen-bond acceptors (Lipinski definition) is 9. The average Bonchev–Trinajstić information content (AvgIpc) is 3.62. The summed E-state index contributed by atoms with van der Waals surface area (Å²) < 4.78 is 11.6. The van der Waals surface area contributed by atoms with Gasteiger partial charge in [-0.3, -0.25) is 9.59 Å². The number of amides is 4. The SMILES string of the molecule is CN(C)CCNC(=O)c1ccc(-c2ccc3c(N4CCOCC4)nc(-c4ccc(NC(=O)Nc5ccc(C(=O)N(C)C)cc5)cc4)nc3c2)o1. The van der Waals surface area contributed by atoms with Gasteiger partial charge >= 0.3 is 6.03 Å². The Balaban J connectivity index is 1.21. The third kappa shape index (κ3) is 8.08. The molecule has 2 aromatic heterocycles. The van der Waals surface area contributed by atoms with Gasteiger partial charge < -0.3 is 39.8 Å². The second-order valence-electron chi connectivity index (χ2n) is 12.4. The molecule has 1 aliphatic heterocycles. The van der Waals surface area contributed by atoms with E-state index in [4.69, 9.17) is 19.1 Å². The molecule has 13 heteroatoms. The van der Waals surface area contributed by atoms with Crippen molar-refractivity contribution in [2.45, 2.75) is 0 Å². The number of rotatable bonds is 10. The van der Waals surface area contributed by atoms with Crippen molar-refractivity contribution in [1.29, 1.82) is 0 Å². The van der Waals surface area contributed by atoms with Crippen molar-refractivity contribution in [3.05, 3.63) is 90.2 Å². The Morgan fingerprint density at radius 1 is 0.800 bits per heavy atom. The van der Waals surface area contributed by atoms with Crippen LogP contribution in [0.1, 0.15) is 20.9 Å². The molecule has 3 heterocycles. The van der Waals surface area contributed by atoms with Crippen molar-refractivity contribution in [3.63, 3.8) is 0 Å². The zero-order valence-electron chi connectivity index (χ0n) is 28.5. The summed E-state index contributed by atoms with van der Waals surface area (Å²) in [5, 5.41) is 9.40. The van der Waals surface area contributed by atoms with Gasteiger partial charge in [0.2, 0.25) is 0 Å². The van der Waals surface area contributed by atoms with Gasteiger partial charge in [0.1, 0.15) is 11.6 Å². The number of morpholine rings is 1. The lowest BCUT2D eigenvalue weighted by Crippen LogP contribution is -2.37. The first-order valence-corrected chi connectivity index (χ1v) is 16.3. The number of carbonyl (C=O) groups excluding carboxylic acids is 3. The normalized spacial score (nSPS) is 12.9. The number of urea groups is 1. The number of aromatic nitrogens is 2. The zero-order chi connectivity index (χ0) is 35.2. The van der Waals surface area contributed by atoms with Crippen molar-refractivity contribution >= 4 is 45.9 Å². The maximum absolute atomic E-state index is 12.7. The highest BCUT2D eigenvalue weighted by Crippen LogP contribution is 2.32. The van der Waals surface area contributed by atoms with E-state index in [9.17, 15) is 14.4 Å². The van der Waals surface area contributed by atoms with Crippen LogP contribution in [0.5, 0.6) is 0 Å². The first-order valence-electron chi connectivity index (χ1n) is 16.3. The summed E-state index contributed by atoms with van der Waals surface area (Å²) in [5.41, 5.74) is 3.96. The fourth-order valence-electron chi connectivity index (χ4n) is 5.46. The van der Waals surface area contributed by atoms with Gasteiger partial charge in [-0.25, -0.2) is 14.8 Å². The standard InChI is InChI=1S/C37H40N8O5/c1-43(2)18-17-38-35(46)32-16-15-31(50-32)26-9-14-29-30(23-26)41-33(42-34(29)45-19-21-49-22-20-45)24-5-10-27(11-6-24)39-37(48)40-28-12-7-25(8-13-28)36(47)44(3)4/h5-16,23H,17-22H2,1-4H3,(H,38,46)(H2,39,40,48). The molecule has 1 aliphatic rings. The lowest BCUT2D eigenvalue weighted by Gasteiger charge is -2.29. The molecule has 4 amide bonds. The number of nitrogens with zero attached hydrogens (tertiary/aromatic N) is 5. The molecule has 0 bridgehead atoms. The number of likely N-dealkylation sites (N-methyl/N-ethyl adjacent to an activating group) is 1. The van der Waals surface area contributed by atoms with Gasteiger partial charge in [0.25, 0.3) is 11.8 Å². The van der Waals surface area contributed by atoms with Crippen molar-refractivity contribution in [3.8, 4) is 22.7 Å². The molecule has 13 nitrogen and oxygen atoms in total. The maximum Gasteiger partial charge on any atom is 0.323 e. The summed E-state index contributed by atoms with van der Waals surface area (Å²) in [6.45, 7) is 3.84. The Labute approximate surface area is 290 Å². The molecule has 50 heavy (non-hydrogen) atoms. The topological polar surface area (TPSA) is 145 Å². The van der Waals surface area contributed by atoms with Crippen LogP contribution in [0.2, 0.25) is 0 Å². The smallest absolute Gasteiger partial charge is 0.323 e. The van der Waals surface area contributed by atoms with Crippen LogP contribution >= 0.6 is 0 Å². The first-order chi connectivity index (χ1) is 24.1. The summed E-state index contributed by atoms with van der Waals surface area (Å²) in [5.74, 6) is 1.76. The molecule has 0 radical (unpaired) electrons. The van der Waals surface area contributed by atoms with Gasteiger partial charge in [0.15, 0.2) is 11.6 Å². The molecular weight excluding hydrogens is 636 g/mol. The number of benzene rings is 3. The van der Waals surface area contributed by atoms with Crippen molar-refractivity contribution in [2.24, 2.45) is 0 Å². The molecule has 0 unspecified atom stereocenters. The molecule has 5 aromatic rings. The minimum Gasteiger partial charge on any atom is -0.451 e. The van der Waals surface area contributed by atoms with E-state index >= 15 is 0 Å². The Bertz CT molecular complexity index is 1980. The fourth-order valence-corrected chi connectivity index (χ4v) is 5.46. The van der Waals surface area contributed by atoms with Gasteiger partial charge in [-0.15, -0.1) is 0 Å². The second kappa shape index (κ2) is 15.2. The number of anilines is 3. The lowest BCUT2D eigenvalue weighted by molar-refractivity contribution is 0.0827. The van der Waals surface area contributed by atoms with Crippen LogP contribution in [0, 0.1) is 0 Å². The molecule has 0 aliphatic carbocycles. The minimum atomic E-state index is -0.416. The summed E-state index contributed by atoms with van der Waals surface area (Å²) in [6.07, 6.45) is 0.